The Morgan fingerprint density at radius 3 is 2.70 bits per heavy atom. The van der Waals surface area contributed by atoms with Gasteiger partial charge >= 0.3 is 6.18 Å². The quantitative estimate of drug-likeness (QED) is 0.226. The van der Waals surface area contributed by atoms with E-state index in [1.807, 2.05) is 6.07 Å². The molecule has 3 heterocycles. The van der Waals surface area contributed by atoms with Gasteiger partial charge in [0.25, 0.3) is 11.7 Å². The summed E-state index contributed by atoms with van der Waals surface area (Å²) in [6.45, 7) is 6.85. The largest absolute Gasteiger partial charge is 0.409 e. The minimum absolute atomic E-state index is 0.0419. The van der Waals surface area contributed by atoms with Gasteiger partial charge in [-0.1, -0.05) is 12.6 Å². The van der Waals surface area contributed by atoms with E-state index in [1.165, 1.54) is 29.1 Å². The Morgan fingerprint density at radius 2 is 1.95 bits per heavy atom. The summed E-state index contributed by atoms with van der Waals surface area (Å²) in [4.78, 5) is 22.0. The predicted octanol–water partition coefficient (Wildman–Crippen LogP) is 6.05. The van der Waals surface area contributed by atoms with Crippen molar-refractivity contribution < 1.29 is 22.4 Å². The molecule has 0 atom stereocenters. The summed E-state index contributed by atoms with van der Waals surface area (Å²) >= 11 is 0. The second-order valence-electron chi connectivity index (χ2n) is 8.09. The Bertz CT molecular complexity index is 1680. The molecule has 0 saturated heterocycles. The van der Waals surface area contributed by atoms with Gasteiger partial charge in [-0.2, -0.15) is 18.3 Å². The Balaban J connectivity index is 1.32. The number of hydrogen-bond acceptors (Lipinski definition) is 3. The monoisotopic (exact) mass is 504 g/mol. The standard InChI is InChI=1S/C26H16F4N6O/c1-31-24-20(26(28,29)30)11-18(14-33-24)23-7-9-36(35-23)19-4-2-17(21(27)12-19)13-34-25(37)16-3-5-22-15(10-16)6-8-32-22/h2-12,14,32H,13H2,(H,34,37). The zero-order chi connectivity index (χ0) is 26.2. The molecule has 0 radical (unpaired) electrons. The number of fused-ring (bicyclic) bond motifs is 1. The van der Waals surface area contributed by atoms with Crippen molar-refractivity contribution in [2.24, 2.45) is 0 Å². The highest BCUT2D eigenvalue weighted by Crippen LogP contribution is 2.37. The molecule has 0 aliphatic carbocycles. The fourth-order valence-electron chi connectivity index (χ4n) is 3.81. The van der Waals surface area contributed by atoms with Crippen LogP contribution in [0.2, 0.25) is 0 Å². The summed E-state index contributed by atoms with van der Waals surface area (Å²) in [7, 11) is 0. The molecule has 5 rings (SSSR count). The molecule has 0 bridgehead atoms. The van der Waals surface area contributed by atoms with Gasteiger partial charge in [0.2, 0.25) is 0 Å². The molecule has 37 heavy (non-hydrogen) atoms. The highest BCUT2D eigenvalue weighted by Gasteiger charge is 2.35. The number of carbonyl (C=O) groups is 1. The van der Waals surface area contributed by atoms with E-state index in [9.17, 15) is 22.4 Å². The van der Waals surface area contributed by atoms with Crippen LogP contribution in [0, 0.1) is 12.4 Å². The smallest absolute Gasteiger partial charge is 0.361 e. The molecule has 5 aromatic rings. The number of pyridine rings is 1. The summed E-state index contributed by atoms with van der Waals surface area (Å²) in [6.07, 6.45) is -0.364. The third kappa shape index (κ3) is 4.77. The number of hydrogen-bond donors (Lipinski definition) is 2. The summed E-state index contributed by atoms with van der Waals surface area (Å²) in [6, 6.07) is 13.6. The first-order valence-electron chi connectivity index (χ1n) is 10.9. The van der Waals surface area contributed by atoms with E-state index in [0.717, 1.165) is 23.2 Å². The van der Waals surface area contributed by atoms with Crippen LogP contribution in [0.4, 0.5) is 23.4 Å². The first-order chi connectivity index (χ1) is 17.7. The van der Waals surface area contributed by atoms with Gasteiger partial charge in [0, 0.05) is 46.5 Å². The second kappa shape index (κ2) is 9.23. The van der Waals surface area contributed by atoms with Gasteiger partial charge in [0.05, 0.1) is 16.9 Å². The summed E-state index contributed by atoms with van der Waals surface area (Å²) in [5.74, 6) is -1.68. The molecule has 0 fully saturated rings. The molecule has 0 aliphatic rings. The fraction of sp³-hybridized carbons (Fsp3) is 0.0769. The maximum Gasteiger partial charge on any atom is 0.409 e. The minimum Gasteiger partial charge on any atom is -0.361 e. The first kappa shape index (κ1) is 23.7. The summed E-state index contributed by atoms with van der Waals surface area (Å²) < 4.78 is 55.9. The molecule has 0 aliphatic heterocycles. The van der Waals surface area contributed by atoms with Gasteiger partial charge in [0.15, 0.2) is 0 Å². The minimum atomic E-state index is -4.74. The maximum atomic E-state index is 14.8. The van der Waals surface area contributed by atoms with Crippen molar-refractivity contribution in [1.82, 2.24) is 25.1 Å². The predicted molar refractivity (Wildman–Crippen MR) is 127 cm³/mol. The van der Waals surface area contributed by atoms with Gasteiger partial charge in [-0.3, -0.25) is 4.79 Å². The SMILES string of the molecule is [C-]#[N+]c1ncc(-c2ccn(-c3ccc(CNC(=O)c4ccc5[nH]ccc5c4)c(F)c3)n2)cc1C(F)(F)F. The van der Waals surface area contributed by atoms with Crippen LogP contribution < -0.4 is 5.32 Å². The average Bonchev–Trinajstić information content (AvgIpc) is 3.56. The van der Waals surface area contributed by atoms with Gasteiger partial charge < -0.3 is 15.1 Å². The number of amides is 1. The molecule has 0 saturated carbocycles. The van der Waals surface area contributed by atoms with Crippen molar-refractivity contribution in [3.63, 3.8) is 0 Å². The van der Waals surface area contributed by atoms with Crippen molar-refractivity contribution >= 4 is 22.6 Å². The van der Waals surface area contributed by atoms with E-state index < -0.39 is 23.4 Å². The number of nitrogens with zero attached hydrogens (tertiary/aromatic N) is 4. The van der Waals surface area contributed by atoms with Crippen LogP contribution in [0.5, 0.6) is 0 Å². The number of aromatic nitrogens is 4. The summed E-state index contributed by atoms with van der Waals surface area (Å²) in [5.41, 5.74) is 1.01. The van der Waals surface area contributed by atoms with Crippen LogP contribution in [-0.4, -0.2) is 25.7 Å². The Kier molecular flexibility index (Phi) is 5.93. The molecule has 2 N–H and O–H groups in total. The van der Waals surface area contributed by atoms with Gasteiger partial charge in [-0.25, -0.2) is 9.07 Å². The van der Waals surface area contributed by atoms with E-state index in [4.69, 9.17) is 6.57 Å². The lowest BCUT2D eigenvalue weighted by Crippen LogP contribution is -2.23. The molecule has 0 spiro atoms. The van der Waals surface area contributed by atoms with E-state index in [-0.39, 0.29) is 29.3 Å². The molecule has 7 nitrogen and oxygen atoms in total. The lowest BCUT2D eigenvalue weighted by molar-refractivity contribution is -0.137. The number of aromatic amines is 1. The number of halogens is 4. The van der Waals surface area contributed by atoms with Crippen LogP contribution in [0.15, 0.2) is 73.2 Å². The van der Waals surface area contributed by atoms with Crippen LogP contribution in [0.3, 0.4) is 0 Å². The normalized spacial score (nSPS) is 11.4. The molecule has 3 aromatic heterocycles. The number of carbonyl (C=O) groups excluding carboxylic acids is 1. The molecule has 2 aromatic carbocycles. The molecular weight excluding hydrogens is 488 g/mol. The van der Waals surface area contributed by atoms with Crippen molar-refractivity contribution in [3.05, 3.63) is 107 Å². The molecular formula is C26H16F4N6O. The highest BCUT2D eigenvalue weighted by molar-refractivity contribution is 5.98. The van der Waals surface area contributed by atoms with Gasteiger partial charge in [-0.05, 0) is 48.5 Å². The van der Waals surface area contributed by atoms with Crippen LogP contribution >= 0.6 is 0 Å². The van der Waals surface area contributed by atoms with Crippen molar-refractivity contribution in [2.45, 2.75) is 12.7 Å². The maximum absolute atomic E-state index is 14.8. The Hall–Kier alpha value is -4.98. The van der Waals surface area contributed by atoms with E-state index in [2.05, 4.69) is 25.2 Å². The topological polar surface area (TPSA) is 80.0 Å². The van der Waals surface area contributed by atoms with Gasteiger partial charge in [-0.15, -0.1) is 4.98 Å². The average molecular weight is 504 g/mol. The lowest BCUT2D eigenvalue weighted by Gasteiger charge is -2.09. The third-order valence-electron chi connectivity index (χ3n) is 5.72. The van der Waals surface area contributed by atoms with Gasteiger partial charge in [0.1, 0.15) is 12.0 Å². The number of alkyl halides is 3. The Morgan fingerprint density at radius 1 is 1.11 bits per heavy atom. The number of rotatable bonds is 5. The van der Waals surface area contributed by atoms with E-state index in [1.54, 1.807) is 30.5 Å². The number of benzene rings is 2. The van der Waals surface area contributed by atoms with Crippen molar-refractivity contribution in [1.29, 1.82) is 0 Å². The molecule has 11 heteroatoms. The zero-order valence-corrected chi connectivity index (χ0v) is 18.8. The number of nitrogens with one attached hydrogen (secondary N) is 2. The lowest BCUT2D eigenvalue weighted by atomic mass is 10.1. The number of H-pyrrole nitrogens is 1. The summed E-state index contributed by atoms with van der Waals surface area (Å²) in [5, 5.41) is 7.80. The zero-order valence-electron chi connectivity index (χ0n) is 18.8. The Labute approximate surface area is 207 Å². The fourth-order valence-corrected chi connectivity index (χ4v) is 3.81. The van der Waals surface area contributed by atoms with Crippen molar-refractivity contribution in [3.8, 4) is 16.9 Å². The van der Waals surface area contributed by atoms with Crippen molar-refractivity contribution in [2.75, 3.05) is 0 Å². The first-order valence-corrected chi connectivity index (χ1v) is 10.9. The van der Waals surface area contributed by atoms with Crippen LogP contribution in [0.25, 0.3) is 32.7 Å². The van der Waals surface area contributed by atoms with Crippen LogP contribution in [0.1, 0.15) is 21.5 Å². The highest BCUT2D eigenvalue weighted by atomic mass is 19.4. The molecule has 0 unspecified atom stereocenters. The van der Waals surface area contributed by atoms with E-state index in [0.29, 0.717) is 11.3 Å². The third-order valence-corrected chi connectivity index (χ3v) is 5.72. The van der Waals surface area contributed by atoms with E-state index >= 15 is 0 Å². The second-order valence-corrected chi connectivity index (χ2v) is 8.09. The molecule has 184 valence electrons. The molecule has 1 amide bonds. The van der Waals surface area contributed by atoms with Crippen LogP contribution in [-0.2, 0) is 12.7 Å².